The number of amides is 1. The zero-order chi connectivity index (χ0) is 20.1. The van der Waals surface area contributed by atoms with Crippen molar-refractivity contribution in [3.8, 4) is 11.5 Å². The lowest BCUT2D eigenvalue weighted by Crippen LogP contribution is -2.27. The number of hydrogen-bond donors (Lipinski definition) is 3. The molecule has 1 aromatic heterocycles. The summed E-state index contributed by atoms with van der Waals surface area (Å²) in [6, 6.07) is 9.60. The summed E-state index contributed by atoms with van der Waals surface area (Å²) in [5, 5.41) is 10.3. The first-order chi connectivity index (χ1) is 13.4. The molecule has 28 heavy (non-hydrogen) atoms. The molecule has 10 heteroatoms. The smallest absolute Gasteiger partial charge is 0.240 e. The van der Waals surface area contributed by atoms with Gasteiger partial charge in [-0.15, -0.1) is 0 Å². The molecular formula is C18H20N4O5S. The molecule has 1 heterocycles. The highest BCUT2D eigenvalue weighted by atomic mass is 32.2. The predicted octanol–water partition coefficient (Wildman–Crippen LogP) is 1.89. The van der Waals surface area contributed by atoms with Gasteiger partial charge < -0.3 is 14.8 Å². The summed E-state index contributed by atoms with van der Waals surface area (Å²) in [4.78, 5) is 12.1. The molecule has 2 aromatic carbocycles. The Morgan fingerprint density at radius 2 is 1.89 bits per heavy atom. The van der Waals surface area contributed by atoms with Crippen LogP contribution < -0.4 is 19.5 Å². The molecular weight excluding hydrogens is 384 g/mol. The van der Waals surface area contributed by atoms with E-state index in [-0.39, 0.29) is 23.8 Å². The number of anilines is 1. The number of nitrogens with one attached hydrogen (secondary N) is 3. The first-order valence-electron chi connectivity index (χ1n) is 8.37. The van der Waals surface area contributed by atoms with Crippen molar-refractivity contribution < 1.29 is 22.7 Å². The molecule has 0 aliphatic heterocycles. The fraction of sp³-hybridized carbons (Fsp3) is 0.222. The van der Waals surface area contributed by atoms with Crippen molar-refractivity contribution in [1.29, 1.82) is 0 Å². The molecule has 1 amide bonds. The third-order valence-electron chi connectivity index (χ3n) is 4.03. The fourth-order valence-corrected chi connectivity index (χ4v) is 3.66. The van der Waals surface area contributed by atoms with Crippen LogP contribution in [-0.2, 0) is 14.8 Å². The summed E-state index contributed by atoms with van der Waals surface area (Å²) >= 11 is 0. The van der Waals surface area contributed by atoms with Gasteiger partial charge in [0.15, 0.2) is 11.5 Å². The van der Waals surface area contributed by atoms with Crippen molar-refractivity contribution in [2.75, 3.05) is 26.1 Å². The molecule has 0 fully saturated rings. The van der Waals surface area contributed by atoms with Crippen LogP contribution in [0.2, 0.25) is 0 Å². The van der Waals surface area contributed by atoms with Gasteiger partial charge in [-0.3, -0.25) is 9.89 Å². The largest absolute Gasteiger partial charge is 0.493 e. The van der Waals surface area contributed by atoms with Crippen molar-refractivity contribution in [2.45, 2.75) is 11.3 Å². The third-order valence-corrected chi connectivity index (χ3v) is 5.49. The van der Waals surface area contributed by atoms with Gasteiger partial charge in [-0.2, -0.15) is 5.10 Å². The standard InChI is InChI=1S/C18H20N4O5S/c1-26-16-6-4-14(10-17(16)27-2)28(24,25)20-8-7-18(23)21-13-3-5-15-12(9-13)11-19-22-15/h3-6,9-11,20H,7-8H2,1-2H3,(H,19,22)(H,21,23). The molecule has 0 spiro atoms. The van der Waals surface area contributed by atoms with Crippen LogP contribution in [-0.4, -0.2) is 45.3 Å². The quantitative estimate of drug-likeness (QED) is 0.527. The zero-order valence-corrected chi connectivity index (χ0v) is 16.2. The van der Waals surface area contributed by atoms with E-state index in [4.69, 9.17) is 9.47 Å². The van der Waals surface area contributed by atoms with Crippen LogP contribution in [0.15, 0.2) is 47.5 Å². The van der Waals surface area contributed by atoms with Crippen molar-refractivity contribution in [2.24, 2.45) is 0 Å². The Morgan fingerprint density at radius 1 is 1.11 bits per heavy atom. The topological polar surface area (TPSA) is 122 Å². The summed E-state index contributed by atoms with van der Waals surface area (Å²) in [5.74, 6) is 0.422. The van der Waals surface area contributed by atoms with Crippen LogP contribution in [0.1, 0.15) is 6.42 Å². The highest BCUT2D eigenvalue weighted by molar-refractivity contribution is 7.89. The van der Waals surface area contributed by atoms with Gasteiger partial charge in [0, 0.05) is 30.1 Å². The number of H-pyrrole nitrogens is 1. The van der Waals surface area contributed by atoms with Gasteiger partial charge in [-0.25, -0.2) is 13.1 Å². The van der Waals surface area contributed by atoms with Gasteiger partial charge in [0.2, 0.25) is 15.9 Å². The first kappa shape index (κ1) is 19.6. The molecule has 3 aromatic rings. The van der Waals surface area contributed by atoms with Crippen LogP contribution in [0.4, 0.5) is 5.69 Å². The Labute approximate surface area is 162 Å². The van der Waals surface area contributed by atoms with E-state index in [1.165, 1.54) is 32.4 Å². The van der Waals surface area contributed by atoms with Crippen molar-refractivity contribution >= 4 is 32.5 Å². The summed E-state index contributed by atoms with van der Waals surface area (Å²) in [6.45, 7) is -0.0452. The SMILES string of the molecule is COc1ccc(S(=O)(=O)NCCC(=O)Nc2ccc3[nH]ncc3c2)cc1OC. The molecule has 0 radical (unpaired) electrons. The normalized spacial score (nSPS) is 11.4. The van der Waals surface area contributed by atoms with Gasteiger partial charge in [-0.05, 0) is 30.3 Å². The number of aromatic amines is 1. The number of rotatable bonds is 8. The first-order valence-corrected chi connectivity index (χ1v) is 9.86. The van der Waals surface area contributed by atoms with Crippen LogP contribution in [0, 0.1) is 0 Å². The second kappa shape index (κ2) is 8.28. The molecule has 0 aliphatic rings. The van der Waals surface area contributed by atoms with E-state index in [0.29, 0.717) is 17.2 Å². The van der Waals surface area contributed by atoms with E-state index >= 15 is 0 Å². The summed E-state index contributed by atoms with van der Waals surface area (Å²) < 4.78 is 37.4. The molecule has 0 saturated carbocycles. The number of methoxy groups -OCH3 is 2. The lowest BCUT2D eigenvalue weighted by atomic mass is 10.2. The summed E-state index contributed by atoms with van der Waals surface area (Å²) in [6.07, 6.45) is 1.64. The second-order valence-corrected chi connectivity index (χ2v) is 7.65. The molecule has 0 saturated heterocycles. The second-order valence-electron chi connectivity index (χ2n) is 5.88. The van der Waals surface area contributed by atoms with Gasteiger partial charge in [0.1, 0.15) is 0 Å². The Balaban J connectivity index is 1.57. The number of carbonyl (C=O) groups is 1. The Kier molecular flexibility index (Phi) is 5.81. The van der Waals surface area contributed by atoms with E-state index in [1.807, 2.05) is 0 Å². The predicted molar refractivity (Wildman–Crippen MR) is 104 cm³/mol. The number of benzene rings is 2. The van der Waals surface area contributed by atoms with E-state index < -0.39 is 10.0 Å². The van der Waals surface area contributed by atoms with Gasteiger partial charge in [0.05, 0.1) is 30.8 Å². The van der Waals surface area contributed by atoms with E-state index in [2.05, 4.69) is 20.2 Å². The lowest BCUT2D eigenvalue weighted by molar-refractivity contribution is -0.116. The fourth-order valence-electron chi connectivity index (χ4n) is 2.61. The molecule has 3 rings (SSSR count). The zero-order valence-electron chi connectivity index (χ0n) is 15.4. The molecule has 9 nitrogen and oxygen atoms in total. The minimum absolute atomic E-state index is 0.0179. The number of aromatic nitrogens is 2. The van der Waals surface area contributed by atoms with E-state index in [9.17, 15) is 13.2 Å². The highest BCUT2D eigenvalue weighted by Gasteiger charge is 2.17. The average Bonchev–Trinajstić information content (AvgIpc) is 3.15. The maximum atomic E-state index is 12.4. The number of carbonyl (C=O) groups excluding carboxylic acids is 1. The Morgan fingerprint density at radius 3 is 2.64 bits per heavy atom. The maximum Gasteiger partial charge on any atom is 0.240 e. The molecule has 0 unspecified atom stereocenters. The van der Waals surface area contributed by atoms with E-state index in [0.717, 1.165) is 10.9 Å². The number of ether oxygens (including phenoxy) is 2. The number of nitrogens with zero attached hydrogens (tertiary/aromatic N) is 1. The van der Waals surface area contributed by atoms with Crippen molar-refractivity contribution in [1.82, 2.24) is 14.9 Å². The van der Waals surface area contributed by atoms with E-state index in [1.54, 1.807) is 24.4 Å². The van der Waals surface area contributed by atoms with Gasteiger partial charge in [0.25, 0.3) is 0 Å². The van der Waals surface area contributed by atoms with Crippen molar-refractivity contribution in [3.63, 3.8) is 0 Å². The summed E-state index contributed by atoms with van der Waals surface area (Å²) in [7, 11) is -0.897. The number of hydrogen-bond acceptors (Lipinski definition) is 6. The monoisotopic (exact) mass is 404 g/mol. The van der Waals surface area contributed by atoms with Crippen molar-refractivity contribution in [3.05, 3.63) is 42.6 Å². The average molecular weight is 404 g/mol. The van der Waals surface area contributed by atoms with Crippen LogP contribution >= 0.6 is 0 Å². The third kappa shape index (κ3) is 4.41. The minimum atomic E-state index is -3.79. The van der Waals surface area contributed by atoms with Gasteiger partial charge in [-0.1, -0.05) is 0 Å². The number of sulfonamides is 1. The molecule has 0 atom stereocenters. The van der Waals surface area contributed by atoms with Crippen LogP contribution in [0.25, 0.3) is 10.9 Å². The number of fused-ring (bicyclic) bond motifs is 1. The highest BCUT2D eigenvalue weighted by Crippen LogP contribution is 2.29. The molecule has 0 bridgehead atoms. The molecule has 3 N–H and O–H groups in total. The Bertz CT molecular complexity index is 1090. The maximum absolute atomic E-state index is 12.4. The Hall–Kier alpha value is -3.11. The molecule has 0 aliphatic carbocycles. The minimum Gasteiger partial charge on any atom is -0.493 e. The van der Waals surface area contributed by atoms with Gasteiger partial charge >= 0.3 is 0 Å². The molecule has 148 valence electrons. The summed E-state index contributed by atoms with van der Waals surface area (Å²) in [5.41, 5.74) is 1.47. The van der Waals surface area contributed by atoms with Crippen LogP contribution in [0.5, 0.6) is 11.5 Å². The lowest BCUT2D eigenvalue weighted by Gasteiger charge is -2.11. The van der Waals surface area contributed by atoms with Crippen LogP contribution in [0.3, 0.4) is 0 Å².